The van der Waals surface area contributed by atoms with Crippen LogP contribution in [0.3, 0.4) is 0 Å². The minimum atomic E-state index is -1.21. The van der Waals surface area contributed by atoms with Gasteiger partial charge in [-0.2, -0.15) is 0 Å². The van der Waals surface area contributed by atoms with Gasteiger partial charge in [-0.05, 0) is 23.8 Å². The Kier molecular flexibility index (Phi) is 6.80. The molecule has 6 nitrogen and oxygen atoms in total. The number of halogens is 1. The number of thiazole rings is 1. The third kappa shape index (κ3) is 5.55. The van der Waals surface area contributed by atoms with E-state index in [9.17, 15) is 18.8 Å². The zero-order valence-corrected chi connectivity index (χ0v) is 16.1. The van der Waals surface area contributed by atoms with Gasteiger partial charge in [-0.15, -0.1) is 11.3 Å². The molecule has 2 aromatic carbocycles. The summed E-state index contributed by atoms with van der Waals surface area (Å²) in [6.07, 6.45) is 1.45. The van der Waals surface area contributed by atoms with Gasteiger partial charge in [0.1, 0.15) is 16.9 Å². The average Bonchev–Trinajstić information content (AvgIpc) is 3.26. The van der Waals surface area contributed by atoms with Crippen LogP contribution in [0.5, 0.6) is 0 Å². The summed E-state index contributed by atoms with van der Waals surface area (Å²) in [7, 11) is 0. The Morgan fingerprint density at radius 1 is 1.03 bits per heavy atom. The van der Waals surface area contributed by atoms with Crippen LogP contribution in [0.25, 0.3) is 0 Å². The van der Waals surface area contributed by atoms with Crippen molar-refractivity contribution >= 4 is 28.9 Å². The van der Waals surface area contributed by atoms with E-state index in [1.165, 1.54) is 29.5 Å². The van der Waals surface area contributed by atoms with Gasteiger partial charge in [0, 0.05) is 23.6 Å². The lowest BCUT2D eigenvalue weighted by Crippen LogP contribution is -2.48. The SMILES string of the molecule is O=C(NCc1nccs1)C(=O)[C@@H](Cc1ccccc1F)NC(=O)c1ccccc1. The first-order valence-corrected chi connectivity index (χ1v) is 9.72. The van der Waals surface area contributed by atoms with Crippen LogP contribution in [0.1, 0.15) is 20.9 Å². The number of benzene rings is 2. The van der Waals surface area contributed by atoms with E-state index in [2.05, 4.69) is 15.6 Å². The number of hydrogen-bond acceptors (Lipinski definition) is 5. The molecule has 0 fully saturated rings. The maximum absolute atomic E-state index is 14.1. The highest BCUT2D eigenvalue weighted by Crippen LogP contribution is 2.11. The number of rotatable bonds is 8. The van der Waals surface area contributed by atoms with E-state index in [-0.39, 0.29) is 18.5 Å². The molecule has 0 unspecified atom stereocenters. The molecule has 1 atom stereocenters. The van der Waals surface area contributed by atoms with Crippen molar-refractivity contribution in [2.24, 2.45) is 0 Å². The van der Waals surface area contributed by atoms with Crippen molar-refractivity contribution in [3.63, 3.8) is 0 Å². The third-order valence-electron chi connectivity index (χ3n) is 4.15. The van der Waals surface area contributed by atoms with Gasteiger partial charge < -0.3 is 10.6 Å². The molecule has 0 aliphatic heterocycles. The van der Waals surface area contributed by atoms with E-state index in [1.807, 2.05) is 0 Å². The fourth-order valence-corrected chi connectivity index (χ4v) is 3.22. The Hall–Kier alpha value is -3.39. The van der Waals surface area contributed by atoms with Gasteiger partial charge in [-0.3, -0.25) is 14.4 Å². The van der Waals surface area contributed by atoms with Crippen molar-refractivity contribution in [1.82, 2.24) is 15.6 Å². The molecular formula is C21H18FN3O3S. The largest absolute Gasteiger partial charge is 0.343 e. The van der Waals surface area contributed by atoms with E-state index in [4.69, 9.17) is 0 Å². The fourth-order valence-electron chi connectivity index (χ4n) is 2.67. The van der Waals surface area contributed by atoms with Crippen LogP contribution in [-0.4, -0.2) is 28.6 Å². The molecule has 0 spiro atoms. The molecule has 0 radical (unpaired) electrons. The molecule has 3 rings (SSSR count). The topological polar surface area (TPSA) is 88.2 Å². The molecule has 29 heavy (non-hydrogen) atoms. The molecule has 148 valence electrons. The van der Waals surface area contributed by atoms with Crippen molar-refractivity contribution < 1.29 is 18.8 Å². The summed E-state index contributed by atoms with van der Waals surface area (Å²) < 4.78 is 14.1. The van der Waals surface area contributed by atoms with Crippen molar-refractivity contribution in [2.45, 2.75) is 19.0 Å². The van der Waals surface area contributed by atoms with Crippen molar-refractivity contribution in [2.75, 3.05) is 0 Å². The van der Waals surface area contributed by atoms with Crippen LogP contribution in [0.15, 0.2) is 66.2 Å². The lowest BCUT2D eigenvalue weighted by molar-refractivity contribution is -0.139. The number of ketones is 1. The first-order valence-electron chi connectivity index (χ1n) is 8.84. The Morgan fingerprint density at radius 2 is 1.76 bits per heavy atom. The van der Waals surface area contributed by atoms with Crippen LogP contribution in [-0.2, 0) is 22.6 Å². The maximum atomic E-state index is 14.1. The number of aromatic nitrogens is 1. The van der Waals surface area contributed by atoms with Crippen molar-refractivity contribution in [1.29, 1.82) is 0 Å². The molecule has 0 aliphatic carbocycles. The van der Waals surface area contributed by atoms with E-state index < -0.39 is 29.5 Å². The Morgan fingerprint density at radius 3 is 2.45 bits per heavy atom. The minimum absolute atomic E-state index is 0.0985. The molecule has 0 saturated heterocycles. The van der Waals surface area contributed by atoms with Crippen LogP contribution in [0.2, 0.25) is 0 Å². The maximum Gasteiger partial charge on any atom is 0.289 e. The van der Waals surface area contributed by atoms with Gasteiger partial charge >= 0.3 is 0 Å². The molecule has 8 heteroatoms. The highest BCUT2D eigenvalue weighted by atomic mass is 32.1. The van der Waals surface area contributed by atoms with E-state index >= 15 is 0 Å². The summed E-state index contributed by atoms with van der Waals surface area (Å²) in [5, 5.41) is 7.44. The van der Waals surface area contributed by atoms with Gasteiger partial charge in [0.15, 0.2) is 0 Å². The summed E-state index contributed by atoms with van der Waals surface area (Å²) in [4.78, 5) is 41.6. The number of carbonyl (C=O) groups is 3. The van der Waals surface area contributed by atoms with Crippen LogP contribution >= 0.6 is 11.3 Å². The molecule has 2 amide bonds. The summed E-state index contributed by atoms with van der Waals surface area (Å²) in [5.74, 6) is -2.75. The predicted molar refractivity (Wildman–Crippen MR) is 107 cm³/mol. The molecule has 0 bridgehead atoms. The molecule has 1 heterocycles. The van der Waals surface area contributed by atoms with E-state index in [1.54, 1.807) is 48.0 Å². The standard InChI is InChI=1S/C21H18FN3O3S/c22-16-9-5-4-8-15(16)12-17(25-20(27)14-6-2-1-3-7-14)19(26)21(28)24-13-18-23-10-11-29-18/h1-11,17H,12-13H2,(H,24,28)(H,25,27)/t17-/m1/s1. The number of hydrogen-bond donors (Lipinski definition) is 2. The Labute approximate surface area is 170 Å². The lowest BCUT2D eigenvalue weighted by atomic mass is 10.0. The van der Waals surface area contributed by atoms with Crippen molar-refractivity contribution in [3.05, 3.63) is 88.1 Å². The smallest absolute Gasteiger partial charge is 0.289 e. The van der Waals surface area contributed by atoms with Gasteiger partial charge in [-0.1, -0.05) is 36.4 Å². The normalized spacial score (nSPS) is 11.5. The fraction of sp³-hybridized carbons (Fsp3) is 0.143. The van der Waals surface area contributed by atoms with Crippen LogP contribution in [0, 0.1) is 5.82 Å². The monoisotopic (exact) mass is 411 g/mol. The number of nitrogens with one attached hydrogen (secondary N) is 2. The zero-order chi connectivity index (χ0) is 20.6. The Balaban J connectivity index is 1.75. The van der Waals surface area contributed by atoms with Gasteiger partial charge in [0.25, 0.3) is 11.8 Å². The molecule has 2 N–H and O–H groups in total. The molecule has 3 aromatic rings. The number of Topliss-reactive ketones (excluding diaryl/α,β-unsaturated/α-hetero) is 1. The summed E-state index contributed by atoms with van der Waals surface area (Å²) >= 11 is 1.34. The second kappa shape index (κ2) is 9.70. The Bertz CT molecular complexity index is 993. The van der Waals surface area contributed by atoms with Crippen LogP contribution < -0.4 is 10.6 Å². The highest BCUT2D eigenvalue weighted by molar-refractivity contribution is 7.09. The van der Waals surface area contributed by atoms with E-state index in [0.717, 1.165) is 0 Å². The predicted octanol–water partition coefficient (Wildman–Crippen LogP) is 2.51. The first kappa shape index (κ1) is 20.3. The second-order valence-corrected chi connectivity index (χ2v) is 7.14. The lowest BCUT2D eigenvalue weighted by Gasteiger charge is -2.18. The summed E-state index contributed by atoms with van der Waals surface area (Å²) in [6, 6.07) is 13.0. The first-order chi connectivity index (χ1) is 14.0. The second-order valence-electron chi connectivity index (χ2n) is 6.16. The zero-order valence-electron chi connectivity index (χ0n) is 15.3. The van der Waals surface area contributed by atoms with Gasteiger partial charge in [-0.25, -0.2) is 9.37 Å². The summed E-state index contributed by atoms with van der Waals surface area (Å²) in [5.41, 5.74) is 0.564. The van der Waals surface area contributed by atoms with Crippen LogP contribution in [0.4, 0.5) is 4.39 Å². The van der Waals surface area contributed by atoms with Gasteiger partial charge in [0.05, 0.1) is 6.54 Å². The summed E-state index contributed by atoms with van der Waals surface area (Å²) in [6.45, 7) is 0.0985. The number of amides is 2. The third-order valence-corrected chi connectivity index (χ3v) is 4.93. The molecule has 1 aromatic heterocycles. The van der Waals surface area contributed by atoms with Crippen molar-refractivity contribution in [3.8, 4) is 0 Å². The number of nitrogens with zero attached hydrogens (tertiary/aromatic N) is 1. The van der Waals surface area contributed by atoms with Gasteiger partial charge in [0.2, 0.25) is 5.78 Å². The minimum Gasteiger partial charge on any atom is -0.343 e. The highest BCUT2D eigenvalue weighted by Gasteiger charge is 2.28. The number of carbonyl (C=O) groups excluding carboxylic acids is 3. The van der Waals surface area contributed by atoms with E-state index in [0.29, 0.717) is 10.6 Å². The molecule has 0 aliphatic rings. The average molecular weight is 411 g/mol. The molecule has 0 saturated carbocycles. The molecular weight excluding hydrogens is 393 g/mol. The quantitative estimate of drug-likeness (QED) is 0.558.